The van der Waals surface area contributed by atoms with Gasteiger partial charge in [-0.25, -0.2) is 4.79 Å². The van der Waals surface area contributed by atoms with Crippen LogP contribution in [0.3, 0.4) is 0 Å². The molecular weight excluding hydrogens is 298 g/mol. The standard InChI is InChI=1S/C17H25NO3S/c1-5-11-6-7-12-13(9-11)22-16(15(12)17(20)21-4)18-14(19)8-10(2)3/h10-11H,5-9H2,1-4H3,(H,18,19). The number of ether oxygens (including phenoxy) is 1. The molecule has 0 aliphatic heterocycles. The molecule has 5 heteroatoms. The average molecular weight is 323 g/mol. The highest BCUT2D eigenvalue weighted by molar-refractivity contribution is 7.17. The van der Waals surface area contributed by atoms with Gasteiger partial charge in [-0.3, -0.25) is 4.79 Å². The van der Waals surface area contributed by atoms with Gasteiger partial charge in [-0.1, -0.05) is 27.2 Å². The van der Waals surface area contributed by atoms with E-state index in [9.17, 15) is 9.59 Å². The number of thiophene rings is 1. The summed E-state index contributed by atoms with van der Waals surface area (Å²) < 4.78 is 4.93. The third kappa shape index (κ3) is 3.69. The summed E-state index contributed by atoms with van der Waals surface area (Å²) in [4.78, 5) is 25.5. The largest absolute Gasteiger partial charge is 0.465 e. The Kier molecular flexibility index (Phi) is 5.62. The Balaban J connectivity index is 2.30. The van der Waals surface area contributed by atoms with Crippen LogP contribution in [-0.4, -0.2) is 19.0 Å². The van der Waals surface area contributed by atoms with Crippen LogP contribution in [0, 0.1) is 11.8 Å². The number of anilines is 1. The number of carbonyl (C=O) groups excluding carboxylic acids is 2. The van der Waals surface area contributed by atoms with Gasteiger partial charge in [-0.2, -0.15) is 0 Å². The van der Waals surface area contributed by atoms with Gasteiger partial charge < -0.3 is 10.1 Å². The Morgan fingerprint density at radius 3 is 2.73 bits per heavy atom. The van der Waals surface area contributed by atoms with Crippen molar-refractivity contribution in [1.82, 2.24) is 0 Å². The van der Waals surface area contributed by atoms with Crippen LogP contribution in [0.4, 0.5) is 5.00 Å². The molecule has 0 radical (unpaired) electrons. The van der Waals surface area contributed by atoms with Crippen molar-refractivity contribution in [3.05, 3.63) is 16.0 Å². The normalized spacial score (nSPS) is 17.2. The van der Waals surface area contributed by atoms with E-state index >= 15 is 0 Å². The minimum absolute atomic E-state index is 0.0363. The average Bonchev–Trinajstić information content (AvgIpc) is 2.81. The third-order valence-electron chi connectivity index (χ3n) is 4.18. The zero-order valence-electron chi connectivity index (χ0n) is 13.8. The number of nitrogens with one attached hydrogen (secondary N) is 1. The first-order valence-corrected chi connectivity index (χ1v) is 8.80. The molecule has 1 unspecified atom stereocenters. The molecule has 0 fully saturated rings. The molecule has 0 aromatic carbocycles. The minimum Gasteiger partial charge on any atom is -0.465 e. The summed E-state index contributed by atoms with van der Waals surface area (Å²) in [6, 6.07) is 0. The van der Waals surface area contributed by atoms with Crippen LogP contribution in [0.5, 0.6) is 0 Å². The number of esters is 1. The van der Waals surface area contributed by atoms with Crippen LogP contribution in [0.2, 0.25) is 0 Å². The highest BCUT2D eigenvalue weighted by Gasteiger charge is 2.29. The molecule has 0 saturated carbocycles. The van der Waals surface area contributed by atoms with Gasteiger partial charge in [0.2, 0.25) is 5.91 Å². The van der Waals surface area contributed by atoms with Gasteiger partial charge in [0.25, 0.3) is 0 Å². The fourth-order valence-corrected chi connectivity index (χ4v) is 4.32. The van der Waals surface area contributed by atoms with E-state index in [1.807, 2.05) is 13.8 Å². The zero-order valence-corrected chi connectivity index (χ0v) is 14.6. The predicted octanol–water partition coefficient (Wildman–Crippen LogP) is 4.03. The van der Waals surface area contributed by atoms with Gasteiger partial charge >= 0.3 is 5.97 Å². The lowest BCUT2D eigenvalue weighted by atomic mass is 9.85. The Bertz CT molecular complexity index is 562. The second-order valence-corrected chi connectivity index (χ2v) is 7.47. The van der Waals surface area contributed by atoms with Crippen molar-refractivity contribution in [2.75, 3.05) is 12.4 Å². The molecule has 1 aromatic heterocycles. The lowest BCUT2D eigenvalue weighted by molar-refractivity contribution is -0.116. The number of hydrogen-bond donors (Lipinski definition) is 1. The lowest BCUT2D eigenvalue weighted by Crippen LogP contribution is -2.17. The van der Waals surface area contributed by atoms with E-state index in [4.69, 9.17) is 4.74 Å². The summed E-state index contributed by atoms with van der Waals surface area (Å²) >= 11 is 1.55. The third-order valence-corrected chi connectivity index (χ3v) is 5.35. The van der Waals surface area contributed by atoms with Gasteiger partial charge in [0.15, 0.2) is 0 Å². The summed E-state index contributed by atoms with van der Waals surface area (Å²) in [5.74, 6) is 0.592. The summed E-state index contributed by atoms with van der Waals surface area (Å²) in [7, 11) is 1.39. The molecular formula is C17H25NO3S. The highest BCUT2D eigenvalue weighted by Crippen LogP contribution is 2.40. The van der Waals surface area contributed by atoms with E-state index in [0.29, 0.717) is 28.8 Å². The molecule has 1 heterocycles. The quantitative estimate of drug-likeness (QED) is 0.832. The first-order valence-electron chi connectivity index (χ1n) is 7.98. The fourth-order valence-electron chi connectivity index (χ4n) is 2.96. The molecule has 1 N–H and O–H groups in total. The van der Waals surface area contributed by atoms with Crippen LogP contribution in [0.15, 0.2) is 0 Å². The molecule has 2 rings (SSSR count). The Labute approximate surface area is 136 Å². The molecule has 122 valence electrons. The zero-order chi connectivity index (χ0) is 16.3. The monoisotopic (exact) mass is 323 g/mol. The van der Waals surface area contributed by atoms with Gasteiger partial charge in [0.05, 0.1) is 12.7 Å². The van der Waals surface area contributed by atoms with Crippen molar-refractivity contribution in [2.24, 2.45) is 11.8 Å². The summed E-state index contributed by atoms with van der Waals surface area (Å²) in [6.07, 6.45) is 4.61. The van der Waals surface area contributed by atoms with Crippen LogP contribution in [0.25, 0.3) is 0 Å². The topological polar surface area (TPSA) is 55.4 Å². The number of methoxy groups -OCH3 is 1. The van der Waals surface area contributed by atoms with E-state index in [-0.39, 0.29) is 11.9 Å². The van der Waals surface area contributed by atoms with Crippen molar-refractivity contribution in [2.45, 2.75) is 52.9 Å². The second kappa shape index (κ2) is 7.27. The molecule has 4 nitrogen and oxygen atoms in total. The number of hydrogen-bond acceptors (Lipinski definition) is 4. The molecule has 0 bridgehead atoms. The SMILES string of the molecule is CCC1CCc2c(sc(NC(=O)CC(C)C)c2C(=O)OC)C1. The van der Waals surface area contributed by atoms with E-state index in [2.05, 4.69) is 12.2 Å². The van der Waals surface area contributed by atoms with Crippen molar-refractivity contribution in [1.29, 1.82) is 0 Å². The molecule has 22 heavy (non-hydrogen) atoms. The first-order chi connectivity index (χ1) is 10.5. The van der Waals surface area contributed by atoms with Crippen LogP contribution < -0.4 is 5.32 Å². The van der Waals surface area contributed by atoms with E-state index in [0.717, 1.165) is 31.2 Å². The van der Waals surface area contributed by atoms with Gasteiger partial charge in [-0.15, -0.1) is 11.3 Å². The first kappa shape index (κ1) is 17.0. The molecule has 1 atom stereocenters. The smallest absolute Gasteiger partial charge is 0.341 e. The second-order valence-electron chi connectivity index (χ2n) is 6.36. The summed E-state index contributed by atoms with van der Waals surface area (Å²) in [5, 5.41) is 3.59. The molecule has 0 saturated heterocycles. The summed E-state index contributed by atoms with van der Waals surface area (Å²) in [5.41, 5.74) is 1.66. The van der Waals surface area contributed by atoms with Crippen molar-refractivity contribution >= 4 is 28.2 Å². The maximum atomic E-state index is 12.2. The number of amides is 1. The molecule has 0 spiro atoms. The van der Waals surface area contributed by atoms with Crippen LogP contribution in [0.1, 0.15) is 60.8 Å². The Morgan fingerprint density at radius 2 is 2.14 bits per heavy atom. The molecule has 1 amide bonds. The van der Waals surface area contributed by atoms with E-state index in [1.54, 1.807) is 11.3 Å². The number of fused-ring (bicyclic) bond motifs is 1. The fraction of sp³-hybridized carbons (Fsp3) is 0.647. The maximum absolute atomic E-state index is 12.2. The minimum atomic E-state index is -0.340. The van der Waals surface area contributed by atoms with Crippen molar-refractivity contribution < 1.29 is 14.3 Å². The number of rotatable bonds is 5. The van der Waals surface area contributed by atoms with Crippen LogP contribution in [-0.2, 0) is 22.4 Å². The van der Waals surface area contributed by atoms with Gasteiger partial charge in [0.1, 0.15) is 5.00 Å². The van der Waals surface area contributed by atoms with Crippen molar-refractivity contribution in [3.63, 3.8) is 0 Å². The van der Waals surface area contributed by atoms with Gasteiger partial charge in [0, 0.05) is 11.3 Å². The van der Waals surface area contributed by atoms with Crippen molar-refractivity contribution in [3.8, 4) is 0 Å². The van der Waals surface area contributed by atoms with E-state index < -0.39 is 0 Å². The Hall–Kier alpha value is -1.36. The van der Waals surface area contributed by atoms with E-state index in [1.165, 1.54) is 12.0 Å². The molecule has 1 aromatic rings. The maximum Gasteiger partial charge on any atom is 0.341 e. The Morgan fingerprint density at radius 1 is 1.41 bits per heavy atom. The van der Waals surface area contributed by atoms with Crippen LogP contribution >= 0.6 is 11.3 Å². The lowest BCUT2D eigenvalue weighted by Gasteiger charge is -2.20. The predicted molar refractivity (Wildman–Crippen MR) is 89.5 cm³/mol. The number of carbonyl (C=O) groups is 2. The highest BCUT2D eigenvalue weighted by atomic mass is 32.1. The molecule has 1 aliphatic rings. The summed E-state index contributed by atoms with van der Waals surface area (Å²) in [6.45, 7) is 6.22. The molecule has 1 aliphatic carbocycles. The van der Waals surface area contributed by atoms with Gasteiger partial charge in [-0.05, 0) is 36.7 Å².